The molecule has 0 aromatic carbocycles. The van der Waals surface area contributed by atoms with E-state index in [1.165, 1.54) is 24.5 Å². The third-order valence-electron chi connectivity index (χ3n) is 2.48. The molecule has 0 fully saturated rings. The molecule has 118 valence electrons. The minimum Gasteiger partial charge on any atom is -0.302 e. The Labute approximate surface area is 136 Å². The maximum atomic E-state index is 11.3. The Balaban J connectivity index is 2.43. The van der Waals surface area contributed by atoms with Crippen molar-refractivity contribution in [3.8, 4) is 10.4 Å². The van der Waals surface area contributed by atoms with Gasteiger partial charge in [-0.05, 0) is 13.0 Å². The fourth-order valence-corrected chi connectivity index (χ4v) is 3.47. The Morgan fingerprint density at radius 2 is 2.09 bits per heavy atom. The Kier molecular flexibility index (Phi) is 4.69. The van der Waals surface area contributed by atoms with Gasteiger partial charge in [0.15, 0.2) is 10.3 Å². The summed E-state index contributed by atoms with van der Waals surface area (Å²) in [5.41, 5.74) is 1.54. The molecule has 2 rings (SSSR count). The lowest BCUT2D eigenvalue weighted by Gasteiger charge is -2.07. The number of thiazole rings is 1. The van der Waals surface area contributed by atoms with E-state index in [0.717, 1.165) is 11.1 Å². The summed E-state index contributed by atoms with van der Waals surface area (Å²) in [4.78, 5) is 20.1. The van der Waals surface area contributed by atoms with E-state index in [-0.39, 0.29) is 16.7 Å². The van der Waals surface area contributed by atoms with Crippen molar-refractivity contribution in [1.82, 2.24) is 9.97 Å². The number of carbonyl (C=O) groups excluding carboxylic acids is 1. The van der Waals surface area contributed by atoms with Crippen LogP contribution >= 0.6 is 22.9 Å². The molecule has 0 spiro atoms. The molecule has 0 aliphatic carbocycles. The lowest BCUT2D eigenvalue weighted by atomic mass is 10.2. The first kappa shape index (κ1) is 16.7. The highest BCUT2D eigenvalue weighted by molar-refractivity contribution is 7.92. The second kappa shape index (κ2) is 6.19. The van der Waals surface area contributed by atoms with E-state index < -0.39 is 10.0 Å². The Bertz CT molecular complexity index is 833. The number of anilines is 2. The van der Waals surface area contributed by atoms with Crippen molar-refractivity contribution in [3.63, 3.8) is 0 Å². The summed E-state index contributed by atoms with van der Waals surface area (Å²) in [5, 5.41) is 3.13. The summed E-state index contributed by atoms with van der Waals surface area (Å²) >= 11 is 7.17. The lowest BCUT2D eigenvalue weighted by molar-refractivity contribution is -0.114. The van der Waals surface area contributed by atoms with Gasteiger partial charge in [0, 0.05) is 18.7 Å². The third-order valence-corrected chi connectivity index (χ3v) is 4.49. The molecule has 2 N–H and O–H groups in total. The highest BCUT2D eigenvalue weighted by Crippen LogP contribution is 2.35. The number of hydrogen-bond donors (Lipinski definition) is 2. The van der Waals surface area contributed by atoms with E-state index in [2.05, 4.69) is 20.0 Å². The monoisotopic (exact) mass is 360 g/mol. The molecule has 2 heterocycles. The van der Waals surface area contributed by atoms with Crippen molar-refractivity contribution >= 4 is 49.7 Å². The fourth-order valence-electron chi connectivity index (χ4n) is 1.71. The first-order valence-corrected chi connectivity index (χ1v) is 9.13. The van der Waals surface area contributed by atoms with E-state index in [0.29, 0.717) is 16.4 Å². The molecule has 22 heavy (non-hydrogen) atoms. The fraction of sp³-hybridized carbons (Fsp3) is 0.250. The standard InChI is InChI=1S/C12H13ClN4O3S2/c1-6-10(21-12(15-6)16-7(2)18)8-4-9(11(13)14-5-8)17-22(3,19)20/h4-5,17H,1-3H3,(H,15,16,18). The van der Waals surface area contributed by atoms with Crippen LogP contribution in [0.2, 0.25) is 5.15 Å². The number of rotatable bonds is 4. The molecule has 0 aliphatic rings. The van der Waals surface area contributed by atoms with Gasteiger partial charge >= 0.3 is 0 Å². The van der Waals surface area contributed by atoms with Crippen LogP contribution in [0.4, 0.5) is 10.8 Å². The van der Waals surface area contributed by atoms with E-state index in [1.807, 2.05) is 0 Å². The number of aryl methyl sites for hydroxylation is 1. The minimum atomic E-state index is -3.46. The molecular weight excluding hydrogens is 348 g/mol. The van der Waals surface area contributed by atoms with Gasteiger partial charge in [0.05, 0.1) is 22.5 Å². The average Bonchev–Trinajstić information content (AvgIpc) is 2.70. The number of sulfonamides is 1. The zero-order chi connectivity index (χ0) is 16.5. The topological polar surface area (TPSA) is 101 Å². The average molecular weight is 361 g/mol. The zero-order valence-electron chi connectivity index (χ0n) is 12.0. The predicted molar refractivity (Wildman–Crippen MR) is 87.9 cm³/mol. The number of aromatic nitrogens is 2. The molecule has 0 bridgehead atoms. The zero-order valence-corrected chi connectivity index (χ0v) is 14.4. The van der Waals surface area contributed by atoms with Crippen molar-refractivity contribution in [2.75, 3.05) is 16.3 Å². The number of hydrogen-bond acceptors (Lipinski definition) is 6. The first-order valence-electron chi connectivity index (χ1n) is 6.04. The van der Waals surface area contributed by atoms with Crippen molar-refractivity contribution in [2.45, 2.75) is 13.8 Å². The molecule has 10 heteroatoms. The summed E-state index contributed by atoms with van der Waals surface area (Å²) in [7, 11) is -3.46. The van der Waals surface area contributed by atoms with E-state index in [9.17, 15) is 13.2 Å². The first-order chi connectivity index (χ1) is 10.2. The summed E-state index contributed by atoms with van der Waals surface area (Å²) in [6.45, 7) is 3.18. The molecule has 0 radical (unpaired) electrons. The van der Waals surface area contributed by atoms with Crippen molar-refractivity contribution in [2.24, 2.45) is 0 Å². The van der Waals surface area contributed by atoms with E-state index >= 15 is 0 Å². The quantitative estimate of drug-likeness (QED) is 0.816. The van der Waals surface area contributed by atoms with Gasteiger partial charge in [0.1, 0.15) is 0 Å². The third kappa shape index (κ3) is 4.15. The summed E-state index contributed by atoms with van der Waals surface area (Å²) in [6.07, 6.45) is 2.55. The highest BCUT2D eigenvalue weighted by Gasteiger charge is 2.14. The van der Waals surface area contributed by atoms with Gasteiger partial charge in [-0.15, -0.1) is 0 Å². The van der Waals surface area contributed by atoms with Crippen LogP contribution < -0.4 is 10.0 Å². The molecule has 1 amide bonds. The van der Waals surface area contributed by atoms with Gasteiger partial charge in [-0.25, -0.2) is 18.4 Å². The van der Waals surface area contributed by atoms with Gasteiger partial charge < -0.3 is 5.32 Å². The van der Waals surface area contributed by atoms with Crippen molar-refractivity contribution < 1.29 is 13.2 Å². The predicted octanol–water partition coefficient (Wildman–Crippen LogP) is 2.50. The van der Waals surface area contributed by atoms with Gasteiger partial charge in [-0.3, -0.25) is 9.52 Å². The van der Waals surface area contributed by atoms with Crippen LogP contribution in [0.15, 0.2) is 12.3 Å². The number of carbonyl (C=O) groups is 1. The molecule has 0 atom stereocenters. The van der Waals surface area contributed by atoms with Crippen LogP contribution in [0.1, 0.15) is 12.6 Å². The smallest absolute Gasteiger partial charge is 0.229 e. The minimum absolute atomic E-state index is 0.0541. The number of pyridine rings is 1. The van der Waals surface area contributed by atoms with Crippen LogP contribution in [0.3, 0.4) is 0 Å². The second-order valence-electron chi connectivity index (χ2n) is 4.55. The molecule has 0 aliphatic heterocycles. The van der Waals surface area contributed by atoms with E-state index in [1.54, 1.807) is 13.0 Å². The Hall–Kier alpha value is -1.71. The lowest BCUT2D eigenvalue weighted by Crippen LogP contribution is -2.10. The number of nitrogens with one attached hydrogen (secondary N) is 2. The second-order valence-corrected chi connectivity index (χ2v) is 7.66. The van der Waals surface area contributed by atoms with Crippen molar-refractivity contribution in [1.29, 1.82) is 0 Å². The molecule has 7 nitrogen and oxygen atoms in total. The molecule has 0 unspecified atom stereocenters. The van der Waals surface area contributed by atoms with Crippen LogP contribution in [-0.2, 0) is 14.8 Å². The Morgan fingerprint density at radius 3 is 2.68 bits per heavy atom. The normalized spacial score (nSPS) is 11.3. The number of nitrogens with zero attached hydrogens (tertiary/aromatic N) is 2. The molecule has 0 saturated carbocycles. The molecule has 2 aromatic rings. The molecule has 2 aromatic heterocycles. The van der Waals surface area contributed by atoms with Crippen LogP contribution in [0.25, 0.3) is 10.4 Å². The van der Waals surface area contributed by atoms with Gasteiger partial charge in [0.25, 0.3) is 0 Å². The number of halogens is 1. The van der Waals surface area contributed by atoms with E-state index in [4.69, 9.17) is 11.6 Å². The maximum Gasteiger partial charge on any atom is 0.229 e. The van der Waals surface area contributed by atoms with Crippen LogP contribution in [-0.4, -0.2) is 30.5 Å². The maximum absolute atomic E-state index is 11.3. The summed E-state index contributed by atoms with van der Waals surface area (Å²) < 4.78 is 25.0. The van der Waals surface area contributed by atoms with Gasteiger partial charge in [-0.2, -0.15) is 0 Å². The van der Waals surface area contributed by atoms with Crippen LogP contribution in [0.5, 0.6) is 0 Å². The summed E-state index contributed by atoms with van der Waals surface area (Å²) in [5.74, 6) is -0.214. The molecular formula is C12H13ClN4O3S2. The van der Waals surface area contributed by atoms with Gasteiger partial charge in [0.2, 0.25) is 15.9 Å². The van der Waals surface area contributed by atoms with Crippen molar-refractivity contribution in [3.05, 3.63) is 23.1 Å². The molecule has 0 saturated heterocycles. The van der Waals surface area contributed by atoms with Gasteiger partial charge in [-0.1, -0.05) is 22.9 Å². The van der Waals surface area contributed by atoms with Crippen LogP contribution in [0, 0.1) is 6.92 Å². The highest BCUT2D eigenvalue weighted by atomic mass is 35.5. The Morgan fingerprint density at radius 1 is 1.41 bits per heavy atom. The summed E-state index contributed by atoms with van der Waals surface area (Å²) in [6, 6.07) is 1.58. The SMILES string of the molecule is CC(=O)Nc1nc(C)c(-c2cnc(Cl)c(NS(C)(=O)=O)c2)s1. The largest absolute Gasteiger partial charge is 0.302 e. The number of amides is 1.